The van der Waals surface area contributed by atoms with Crippen LogP contribution in [0.15, 0.2) is 0 Å². The number of rotatable bonds is 15. The first-order valence-corrected chi connectivity index (χ1v) is 9.51. The van der Waals surface area contributed by atoms with Gasteiger partial charge >= 0.3 is 11.9 Å². The summed E-state index contributed by atoms with van der Waals surface area (Å²) in [5, 5.41) is 9.77. The lowest BCUT2D eigenvalue weighted by molar-refractivity contribution is -0.160. The third-order valence-corrected chi connectivity index (χ3v) is 3.97. The van der Waals surface area contributed by atoms with Gasteiger partial charge in [-0.25, -0.2) is 0 Å². The standard InChI is InChI=1S/C19H36O4/c1-3-5-6-7-8-9-10-11-12-13-15-17(20)16-19(22)23-18(21)14-4-2/h17,20H,3-16H2,1-2H3. The molecule has 0 aromatic carbocycles. The Balaban J connectivity index is 3.41. The van der Waals surface area contributed by atoms with Crippen molar-refractivity contribution in [2.75, 3.05) is 0 Å². The number of esters is 2. The molecule has 0 aliphatic carbocycles. The summed E-state index contributed by atoms with van der Waals surface area (Å²) in [5.41, 5.74) is 0. The van der Waals surface area contributed by atoms with Crippen molar-refractivity contribution in [1.29, 1.82) is 0 Å². The summed E-state index contributed by atoms with van der Waals surface area (Å²) < 4.78 is 4.62. The molecule has 0 fully saturated rings. The van der Waals surface area contributed by atoms with Crippen LogP contribution >= 0.6 is 0 Å². The lowest BCUT2D eigenvalue weighted by Gasteiger charge is -2.09. The third kappa shape index (κ3) is 15.8. The van der Waals surface area contributed by atoms with Crippen molar-refractivity contribution in [1.82, 2.24) is 0 Å². The van der Waals surface area contributed by atoms with Crippen LogP contribution in [0.3, 0.4) is 0 Å². The van der Waals surface area contributed by atoms with E-state index < -0.39 is 18.0 Å². The van der Waals surface area contributed by atoms with Gasteiger partial charge in [0, 0.05) is 6.42 Å². The second kappa shape index (κ2) is 16.0. The van der Waals surface area contributed by atoms with Crippen molar-refractivity contribution in [3.05, 3.63) is 0 Å². The van der Waals surface area contributed by atoms with Crippen LogP contribution in [0.2, 0.25) is 0 Å². The second-order valence-corrected chi connectivity index (χ2v) is 6.42. The van der Waals surface area contributed by atoms with E-state index in [1.807, 2.05) is 6.92 Å². The number of unbranched alkanes of at least 4 members (excludes halogenated alkanes) is 9. The summed E-state index contributed by atoms with van der Waals surface area (Å²) >= 11 is 0. The van der Waals surface area contributed by atoms with E-state index in [9.17, 15) is 14.7 Å². The van der Waals surface area contributed by atoms with E-state index in [0.29, 0.717) is 12.8 Å². The Bertz CT molecular complexity index is 302. The molecule has 1 atom stereocenters. The molecular weight excluding hydrogens is 292 g/mol. The summed E-state index contributed by atoms with van der Waals surface area (Å²) in [4.78, 5) is 22.6. The largest absolute Gasteiger partial charge is 0.393 e. The van der Waals surface area contributed by atoms with Gasteiger partial charge in [0.2, 0.25) is 0 Å². The molecule has 0 radical (unpaired) electrons. The molecular formula is C19H36O4. The van der Waals surface area contributed by atoms with Gasteiger partial charge in [0.25, 0.3) is 0 Å². The van der Waals surface area contributed by atoms with Crippen molar-refractivity contribution < 1.29 is 19.4 Å². The molecule has 1 N–H and O–H groups in total. The fourth-order valence-corrected chi connectivity index (χ4v) is 2.59. The van der Waals surface area contributed by atoms with E-state index in [2.05, 4.69) is 11.7 Å². The first kappa shape index (κ1) is 22.1. The highest BCUT2D eigenvalue weighted by Crippen LogP contribution is 2.13. The Hall–Kier alpha value is -0.900. The minimum atomic E-state index is -0.689. The van der Waals surface area contributed by atoms with E-state index in [1.165, 1.54) is 51.4 Å². The van der Waals surface area contributed by atoms with Crippen LogP contribution in [0.5, 0.6) is 0 Å². The molecule has 1 unspecified atom stereocenters. The average molecular weight is 328 g/mol. The van der Waals surface area contributed by atoms with E-state index in [0.717, 1.165) is 12.8 Å². The minimum Gasteiger partial charge on any atom is -0.393 e. The van der Waals surface area contributed by atoms with Crippen molar-refractivity contribution in [2.24, 2.45) is 0 Å². The van der Waals surface area contributed by atoms with E-state index in [1.54, 1.807) is 0 Å². The number of aliphatic hydroxyl groups is 1. The Morgan fingerprint density at radius 3 is 1.83 bits per heavy atom. The number of carbonyl (C=O) groups excluding carboxylic acids is 2. The van der Waals surface area contributed by atoms with E-state index in [-0.39, 0.29) is 12.8 Å². The number of ether oxygens (including phenoxy) is 1. The van der Waals surface area contributed by atoms with Crippen LogP contribution in [0, 0.1) is 0 Å². The van der Waals surface area contributed by atoms with Gasteiger partial charge in [0.1, 0.15) is 0 Å². The summed E-state index contributed by atoms with van der Waals surface area (Å²) in [6.45, 7) is 4.09. The topological polar surface area (TPSA) is 63.6 Å². The average Bonchev–Trinajstić information content (AvgIpc) is 2.49. The lowest BCUT2D eigenvalue weighted by atomic mass is 10.0. The SMILES string of the molecule is CCCCCCCCCCCCC(O)CC(=O)OC(=O)CCC. The summed E-state index contributed by atoms with van der Waals surface area (Å²) in [5.74, 6) is -1.10. The predicted molar refractivity (Wildman–Crippen MR) is 93.1 cm³/mol. The molecule has 0 bridgehead atoms. The molecule has 0 rings (SSSR count). The molecule has 0 aliphatic rings. The van der Waals surface area contributed by atoms with Gasteiger partial charge in [-0.15, -0.1) is 0 Å². The minimum absolute atomic E-state index is 0.0765. The lowest BCUT2D eigenvalue weighted by Crippen LogP contribution is -2.18. The van der Waals surface area contributed by atoms with Gasteiger partial charge in [-0.05, 0) is 12.8 Å². The maximum atomic E-state index is 11.4. The van der Waals surface area contributed by atoms with Crippen LogP contribution in [0.4, 0.5) is 0 Å². The quantitative estimate of drug-likeness (QED) is 0.263. The zero-order valence-corrected chi connectivity index (χ0v) is 15.1. The zero-order valence-electron chi connectivity index (χ0n) is 15.1. The highest BCUT2D eigenvalue weighted by molar-refractivity contribution is 5.85. The molecule has 0 aliphatic heterocycles. The highest BCUT2D eigenvalue weighted by atomic mass is 16.6. The molecule has 136 valence electrons. The molecule has 4 heteroatoms. The van der Waals surface area contributed by atoms with Crippen molar-refractivity contribution in [3.8, 4) is 0 Å². The van der Waals surface area contributed by atoms with E-state index >= 15 is 0 Å². The summed E-state index contributed by atoms with van der Waals surface area (Å²) in [7, 11) is 0. The van der Waals surface area contributed by atoms with E-state index in [4.69, 9.17) is 0 Å². The first-order valence-electron chi connectivity index (χ1n) is 9.51. The number of aliphatic hydroxyl groups excluding tert-OH is 1. The maximum Gasteiger partial charge on any atom is 0.316 e. The van der Waals surface area contributed by atoms with Gasteiger partial charge in [-0.2, -0.15) is 0 Å². The molecule has 4 nitrogen and oxygen atoms in total. The second-order valence-electron chi connectivity index (χ2n) is 6.42. The zero-order chi connectivity index (χ0) is 17.3. The highest BCUT2D eigenvalue weighted by Gasteiger charge is 2.14. The summed E-state index contributed by atoms with van der Waals surface area (Å²) in [6.07, 6.45) is 13.2. The molecule has 0 spiro atoms. The van der Waals surface area contributed by atoms with Crippen LogP contribution < -0.4 is 0 Å². The van der Waals surface area contributed by atoms with Crippen LogP contribution in [0.1, 0.15) is 104 Å². The fourth-order valence-electron chi connectivity index (χ4n) is 2.59. The normalized spacial score (nSPS) is 12.1. The molecule has 0 heterocycles. The first-order chi connectivity index (χ1) is 11.1. The van der Waals surface area contributed by atoms with Gasteiger partial charge in [-0.1, -0.05) is 78.1 Å². The van der Waals surface area contributed by atoms with Crippen molar-refractivity contribution in [3.63, 3.8) is 0 Å². The molecule has 0 aromatic heterocycles. The molecule has 23 heavy (non-hydrogen) atoms. The molecule has 0 saturated carbocycles. The smallest absolute Gasteiger partial charge is 0.316 e. The molecule has 0 aromatic rings. The fraction of sp³-hybridized carbons (Fsp3) is 0.895. The van der Waals surface area contributed by atoms with Crippen LogP contribution in [-0.2, 0) is 14.3 Å². The van der Waals surface area contributed by atoms with Crippen molar-refractivity contribution >= 4 is 11.9 Å². The Morgan fingerprint density at radius 1 is 0.783 bits per heavy atom. The molecule has 0 amide bonds. The van der Waals surface area contributed by atoms with Gasteiger partial charge in [0.05, 0.1) is 12.5 Å². The van der Waals surface area contributed by atoms with Gasteiger partial charge in [0.15, 0.2) is 0 Å². The Kier molecular flexibility index (Phi) is 15.4. The Morgan fingerprint density at radius 2 is 1.30 bits per heavy atom. The van der Waals surface area contributed by atoms with Crippen LogP contribution in [0.25, 0.3) is 0 Å². The Labute approximate surface area is 142 Å². The van der Waals surface area contributed by atoms with Crippen molar-refractivity contribution in [2.45, 2.75) is 110 Å². The summed E-state index contributed by atoms with van der Waals surface area (Å²) in [6, 6.07) is 0. The predicted octanol–water partition coefficient (Wildman–Crippen LogP) is 4.92. The third-order valence-electron chi connectivity index (χ3n) is 3.97. The molecule has 0 saturated heterocycles. The maximum absolute atomic E-state index is 11.4. The van der Waals surface area contributed by atoms with Gasteiger partial charge in [-0.3, -0.25) is 9.59 Å². The number of carbonyl (C=O) groups is 2. The van der Waals surface area contributed by atoms with Gasteiger partial charge < -0.3 is 9.84 Å². The monoisotopic (exact) mass is 328 g/mol. The number of hydrogen-bond donors (Lipinski definition) is 1. The number of hydrogen-bond acceptors (Lipinski definition) is 4. The van der Waals surface area contributed by atoms with Crippen LogP contribution in [-0.4, -0.2) is 23.1 Å².